The third kappa shape index (κ3) is 6.89. The molecule has 0 radical (unpaired) electrons. The van der Waals surface area contributed by atoms with E-state index in [1.807, 2.05) is 82.4 Å². The van der Waals surface area contributed by atoms with Gasteiger partial charge in [0.05, 0.1) is 12.2 Å². The summed E-state index contributed by atoms with van der Waals surface area (Å²) in [6.45, 7) is 9.45. The standard InChI is InChI=1S/C25H29F3OSi/c1-24(2,3)30(4,5)29-19-23(25(26,27)28)22(18-21-14-10-7-11-15-21)17-16-20-12-8-6-9-13-20/h6-15H,18-19H2,1-5H3/b23-22-. The predicted octanol–water partition coefficient (Wildman–Crippen LogP) is 7.16. The Morgan fingerprint density at radius 3 is 1.93 bits per heavy atom. The second-order valence-corrected chi connectivity index (χ2v) is 13.6. The molecule has 0 spiro atoms. The molecule has 0 fully saturated rings. The van der Waals surface area contributed by atoms with Crippen molar-refractivity contribution in [2.75, 3.05) is 6.61 Å². The number of rotatable bonds is 5. The fraction of sp³-hybridized carbons (Fsp3) is 0.360. The summed E-state index contributed by atoms with van der Waals surface area (Å²) in [4.78, 5) is 0. The topological polar surface area (TPSA) is 9.23 Å². The number of allylic oxidation sites excluding steroid dienone is 1. The number of alkyl halides is 3. The SMILES string of the molecule is CC(C)(C)[Si](C)(C)OC/C(=C(\C#Cc1ccccc1)Cc1ccccc1)C(F)(F)F. The highest BCUT2D eigenvalue weighted by atomic mass is 28.4. The Bertz CT molecular complexity index is 912. The molecule has 160 valence electrons. The van der Waals surface area contributed by atoms with E-state index in [1.165, 1.54) is 0 Å². The molecule has 0 unspecified atom stereocenters. The van der Waals surface area contributed by atoms with E-state index in [0.29, 0.717) is 5.56 Å². The quantitative estimate of drug-likeness (QED) is 0.361. The zero-order chi connectivity index (χ0) is 22.4. The van der Waals surface area contributed by atoms with E-state index in [9.17, 15) is 13.2 Å². The van der Waals surface area contributed by atoms with Crippen molar-refractivity contribution in [1.82, 2.24) is 0 Å². The van der Waals surface area contributed by atoms with Crippen molar-refractivity contribution in [1.29, 1.82) is 0 Å². The Morgan fingerprint density at radius 1 is 0.900 bits per heavy atom. The van der Waals surface area contributed by atoms with Crippen LogP contribution in [0.1, 0.15) is 31.9 Å². The normalized spacial score (nSPS) is 13.3. The first-order valence-electron chi connectivity index (χ1n) is 9.94. The summed E-state index contributed by atoms with van der Waals surface area (Å²) in [5.74, 6) is 5.70. The number of hydrogen-bond donors (Lipinski definition) is 0. The molecule has 5 heteroatoms. The second kappa shape index (κ2) is 9.68. The highest BCUT2D eigenvalue weighted by Gasteiger charge is 2.41. The molecule has 0 saturated heterocycles. The molecule has 0 aliphatic carbocycles. The van der Waals surface area contributed by atoms with Crippen LogP contribution in [-0.4, -0.2) is 21.1 Å². The molecule has 2 rings (SSSR count). The smallest absolute Gasteiger partial charge is 0.413 e. The maximum atomic E-state index is 14.1. The van der Waals surface area contributed by atoms with Crippen LogP contribution >= 0.6 is 0 Å². The summed E-state index contributed by atoms with van der Waals surface area (Å²) in [5, 5.41) is -0.182. The molecule has 0 atom stereocenters. The lowest BCUT2D eigenvalue weighted by atomic mass is 9.99. The predicted molar refractivity (Wildman–Crippen MR) is 120 cm³/mol. The monoisotopic (exact) mass is 430 g/mol. The fourth-order valence-electron chi connectivity index (χ4n) is 2.50. The minimum Gasteiger partial charge on any atom is -0.413 e. The van der Waals surface area contributed by atoms with Gasteiger partial charge in [-0.3, -0.25) is 0 Å². The lowest BCUT2D eigenvalue weighted by Gasteiger charge is -2.36. The van der Waals surface area contributed by atoms with Crippen molar-refractivity contribution in [3.8, 4) is 11.8 Å². The highest BCUT2D eigenvalue weighted by molar-refractivity contribution is 6.74. The molecular weight excluding hydrogens is 401 g/mol. The van der Waals surface area contributed by atoms with Crippen molar-refractivity contribution < 1.29 is 17.6 Å². The van der Waals surface area contributed by atoms with Gasteiger partial charge in [0.25, 0.3) is 0 Å². The minimum absolute atomic E-state index is 0.0521. The van der Waals surface area contributed by atoms with E-state index in [4.69, 9.17) is 4.43 Å². The zero-order valence-corrected chi connectivity index (χ0v) is 19.2. The molecule has 2 aromatic rings. The zero-order valence-electron chi connectivity index (χ0n) is 18.2. The van der Waals surface area contributed by atoms with Gasteiger partial charge in [-0.2, -0.15) is 13.2 Å². The van der Waals surface area contributed by atoms with Crippen LogP contribution in [0.25, 0.3) is 0 Å². The van der Waals surface area contributed by atoms with Gasteiger partial charge in [-0.15, -0.1) is 0 Å². The van der Waals surface area contributed by atoms with Crippen molar-refractivity contribution in [2.24, 2.45) is 0 Å². The van der Waals surface area contributed by atoms with Gasteiger partial charge in [-0.1, -0.05) is 81.1 Å². The molecule has 0 heterocycles. The van der Waals surface area contributed by atoms with Crippen LogP contribution in [0.3, 0.4) is 0 Å². The summed E-state index contributed by atoms with van der Waals surface area (Å²) in [7, 11) is -2.35. The number of halogens is 3. The first kappa shape index (κ1) is 24.0. The van der Waals surface area contributed by atoms with Gasteiger partial charge in [0.1, 0.15) is 0 Å². The summed E-state index contributed by atoms with van der Waals surface area (Å²) in [6.07, 6.45) is -4.41. The summed E-state index contributed by atoms with van der Waals surface area (Å²) < 4.78 is 48.2. The van der Waals surface area contributed by atoms with Gasteiger partial charge in [-0.25, -0.2) is 0 Å². The molecule has 0 amide bonds. The molecular formula is C25H29F3OSi. The highest BCUT2D eigenvalue weighted by Crippen LogP contribution is 2.38. The van der Waals surface area contributed by atoms with E-state index in [2.05, 4.69) is 11.8 Å². The third-order valence-corrected chi connectivity index (χ3v) is 9.92. The summed E-state index contributed by atoms with van der Waals surface area (Å²) >= 11 is 0. The van der Waals surface area contributed by atoms with Gasteiger partial charge < -0.3 is 4.43 Å². The van der Waals surface area contributed by atoms with Gasteiger partial charge in [0.15, 0.2) is 8.32 Å². The maximum absolute atomic E-state index is 14.1. The van der Waals surface area contributed by atoms with Crippen LogP contribution in [0.2, 0.25) is 18.1 Å². The molecule has 0 aromatic heterocycles. The van der Waals surface area contributed by atoms with Gasteiger partial charge in [-0.05, 0) is 35.8 Å². The van der Waals surface area contributed by atoms with E-state index < -0.39 is 26.7 Å². The Labute approximate surface area is 179 Å². The number of benzene rings is 2. The molecule has 30 heavy (non-hydrogen) atoms. The van der Waals surface area contributed by atoms with Crippen molar-refractivity contribution >= 4 is 8.32 Å². The Morgan fingerprint density at radius 2 is 1.43 bits per heavy atom. The van der Waals surface area contributed by atoms with E-state index in [0.717, 1.165) is 5.56 Å². The number of hydrogen-bond acceptors (Lipinski definition) is 1. The largest absolute Gasteiger partial charge is 0.415 e. The lowest BCUT2D eigenvalue weighted by molar-refractivity contribution is -0.0977. The molecule has 0 saturated carbocycles. The molecule has 0 aliphatic heterocycles. The molecule has 1 nitrogen and oxygen atoms in total. The average Bonchev–Trinajstić information content (AvgIpc) is 2.65. The molecule has 2 aromatic carbocycles. The van der Waals surface area contributed by atoms with Crippen molar-refractivity contribution in [3.63, 3.8) is 0 Å². The average molecular weight is 431 g/mol. The summed E-state index contributed by atoms with van der Waals surface area (Å²) in [5.41, 5.74) is 0.815. The Kier molecular flexibility index (Phi) is 7.74. The van der Waals surface area contributed by atoms with Crippen LogP contribution in [0.4, 0.5) is 13.2 Å². The first-order valence-corrected chi connectivity index (χ1v) is 12.9. The van der Waals surface area contributed by atoms with Crippen molar-refractivity contribution in [3.05, 3.63) is 82.9 Å². The Balaban J connectivity index is 2.50. The lowest BCUT2D eigenvalue weighted by Crippen LogP contribution is -2.42. The van der Waals surface area contributed by atoms with E-state index >= 15 is 0 Å². The van der Waals surface area contributed by atoms with E-state index in [-0.39, 0.29) is 17.0 Å². The first-order chi connectivity index (χ1) is 13.9. The minimum atomic E-state index is -4.52. The summed E-state index contributed by atoms with van der Waals surface area (Å²) in [6, 6.07) is 18.1. The maximum Gasteiger partial charge on any atom is 0.415 e. The van der Waals surface area contributed by atoms with E-state index in [1.54, 1.807) is 12.1 Å². The molecule has 0 bridgehead atoms. The van der Waals surface area contributed by atoms with Crippen LogP contribution in [0, 0.1) is 11.8 Å². The van der Waals surface area contributed by atoms with Gasteiger partial charge in [0.2, 0.25) is 0 Å². The van der Waals surface area contributed by atoms with Crippen molar-refractivity contribution in [2.45, 2.75) is 51.5 Å². The van der Waals surface area contributed by atoms with Gasteiger partial charge in [0, 0.05) is 17.6 Å². The second-order valence-electron chi connectivity index (χ2n) is 8.78. The van der Waals surface area contributed by atoms with Crippen LogP contribution in [0.15, 0.2) is 71.8 Å². The van der Waals surface area contributed by atoms with Crippen LogP contribution in [-0.2, 0) is 10.8 Å². The fourth-order valence-corrected chi connectivity index (χ4v) is 3.44. The third-order valence-electron chi connectivity index (χ3n) is 5.45. The molecule has 0 N–H and O–H groups in total. The van der Waals surface area contributed by atoms with Crippen LogP contribution < -0.4 is 0 Å². The Hall–Kier alpha value is -2.29. The molecule has 0 aliphatic rings. The van der Waals surface area contributed by atoms with Crippen LogP contribution in [0.5, 0.6) is 0 Å². The van der Waals surface area contributed by atoms with Gasteiger partial charge >= 0.3 is 6.18 Å².